The highest BCUT2D eigenvalue weighted by Crippen LogP contribution is 2.32. The first-order valence-electron chi connectivity index (χ1n) is 8.88. The van der Waals surface area contributed by atoms with Crippen LogP contribution in [-0.4, -0.2) is 28.9 Å². The van der Waals surface area contributed by atoms with E-state index in [9.17, 15) is 4.79 Å². The third-order valence-electron chi connectivity index (χ3n) is 4.89. The van der Waals surface area contributed by atoms with Crippen molar-refractivity contribution in [1.29, 1.82) is 0 Å². The van der Waals surface area contributed by atoms with Gasteiger partial charge in [-0.3, -0.25) is 14.7 Å². The van der Waals surface area contributed by atoms with E-state index < -0.39 is 0 Å². The van der Waals surface area contributed by atoms with Crippen molar-refractivity contribution in [3.63, 3.8) is 0 Å². The average Bonchev–Trinajstić information content (AvgIpc) is 2.65. The minimum absolute atomic E-state index is 0.0196. The quantitative estimate of drug-likeness (QED) is 0.816. The number of amides is 1. The van der Waals surface area contributed by atoms with E-state index in [2.05, 4.69) is 15.2 Å². The third kappa shape index (κ3) is 4.76. The number of nitrogens with zero attached hydrogens (tertiary/aromatic N) is 2. The van der Waals surface area contributed by atoms with E-state index in [0.29, 0.717) is 16.0 Å². The predicted octanol–water partition coefficient (Wildman–Crippen LogP) is 4.48. The van der Waals surface area contributed by atoms with Gasteiger partial charge in [-0.15, -0.1) is 0 Å². The van der Waals surface area contributed by atoms with Crippen molar-refractivity contribution in [3.8, 4) is 0 Å². The van der Waals surface area contributed by atoms with Gasteiger partial charge in [0.15, 0.2) is 0 Å². The fourth-order valence-electron chi connectivity index (χ4n) is 3.57. The summed E-state index contributed by atoms with van der Waals surface area (Å²) in [6.45, 7) is 4.26. The highest BCUT2D eigenvalue weighted by molar-refractivity contribution is 6.42. The van der Waals surface area contributed by atoms with Gasteiger partial charge < -0.3 is 5.32 Å². The number of likely N-dealkylation sites (tertiary alicyclic amines) is 1. The number of carbonyl (C=O) groups excluding carboxylic acids is 1. The first-order valence-corrected chi connectivity index (χ1v) is 9.63. The molecule has 0 radical (unpaired) electrons. The lowest BCUT2D eigenvalue weighted by molar-refractivity contribution is -0.120. The van der Waals surface area contributed by atoms with E-state index in [1.807, 2.05) is 36.4 Å². The van der Waals surface area contributed by atoms with Crippen LogP contribution in [0.5, 0.6) is 0 Å². The molecule has 0 spiro atoms. The van der Waals surface area contributed by atoms with Crippen molar-refractivity contribution in [2.24, 2.45) is 5.92 Å². The van der Waals surface area contributed by atoms with Gasteiger partial charge in [-0.25, -0.2) is 0 Å². The van der Waals surface area contributed by atoms with Crippen LogP contribution in [0.2, 0.25) is 10.0 Å². The van der Waals surface area contributed by atoms with Gasteiger partial charge in [-0.05, 0) is 55.6 Å². The fourth-order valence-corrected chi connectivity index (χ4v) is 3.95. The molecule has 1 N–H and O–H groups in total. The van der Waals surface area contributed by atoms with Crippen molar-refractivity contribution >= 4 is 29.1 Å². The molecule has 2 heterocycles. The first-order chi connectivity index (χ1) is 12.5. The Bertz CT molecular complexity index is 746. The summed E-state index contributed by atoms with van der Waals surface area (Å²) in [5.41, 5.74) is 1.99. The zero-order valence-electron chi connectivity index (χ0n) is 14.8. The Morgan fingerprint density at radius 2 is 2.00 bits per heavy atom. The molecule has 0 aliphatic carbocycles. The van der Waals surface area contributed by atoms with Gasteiger partial charge in [0.05, 0.1) is 21.8 Å². The Morgan fingerprint density at radius 3 is 2.65 bits per heavy atom. The Labute approximate surface area is 164 Å². The number of pyridine rings is 1. The second kappa shape index (κ2) is 8.85. The van der Waals surface area contributed by atoms with Crippen LogP contribution in [0.25, 0.3) is 0 Å². The molecule has 1 aromatic heterocycles. The number of carbonyl (C=O) groups is 1. The van der Waals surface area contributed by atoms with Crippen LogP contribution in [0.15, 0.2) is 42.6 Å². The summed E-state index contributed by atoms with van der Waals surface area (Å²) in [6, 6.07) is 11.6. The molecule has 3 rings (SSSR count). The van der Waals surface area contributed by atoms with Gasteiger partial charge in [0.1, 0.15) is 0 Å². The number of halogens is 2. The van der Waals surface area contributed by atoms with E-state index in [-0.39, 0.29) is 11.9 Å². The smallest absolute Gasteiger partial charge is 0.217 e. The summed E-state index contributed by atoms with van der Waals surface area (Å²) < 4.78 is 0. The van der Waals surface area contributed by atoms with E-state index >= 15 is 0 Å². The van der Waals surface area contributed by atoms with Crippen LogP contribution >= 0.6 is 23.2 Å². The van der Waals surface area contributed by atoms with Crippen molar-refractivity contribution in [2.45, 2.75) is 32.4 Å². The Hall–Kier alpha value is -1.62. The molecule has 138 valence electrons. The van der Waals surface area contributed by atoms with Crippen molar-refractivity contribution < 1.29 is 4.79 Å². The summed E-state index contributed by atoms with van der Waals surface area (Å²) in [5.74, 6) is 0.355. The lowest BCUT2D eigenvalue weighted by atomic mass is 9.87. The van der Waals surface area contributed by atoms with Gasteiger partial charge in [0.25, 0.3) is 0 Å². The number of nitrogens with one attached hydrogen (secondary N) is 1. The number of benzene rings is 1. The Kier molecular flexibility index (Phi) is 6.52. The molecule has 0 bridgehead atoms. The minimum Gasteiger partial charge on any atom is -0.348 e. The molecule has 1 aliphatic heterocycles. The topological polar surface area (TPSA) is 45.2 Å². The molecule has 1 atom stereocenters. The number of hydrogen-bond acceptors (Lipinski definition) is 3. The maximum absolute atomic E-state index is 11.7. The normalized spacial score (nSPS) is 17.0. The second-order valence-electron chi connectivity index (χ2n) is 6.76. The third-order valence-corrected chi connectivity index (χ3v) is 5.75. The largest absolute Gasteiger partial charge is 0.348 e. The summed E-state index contributed by atoms with van der Waals surface area (Å²) in [6.07, 6.45) is 3.78. The summed E-state index contributed by atoms with van der Waals surface area (Å²) >= 11 is 12.4. The van der Waals surface area contributed by atoms with E-state index in [0.717, 1.165) is 43.7 Å². The molecule has 1 aromatic carbocycles. The monoisotopic (exact) mass is 391 g/mol. The predicted molar refractivity (Wildman–Crippen MR) is 105 cm³/mol. The molecule has 26 heavy (non-hydrogen) atoms. The molecule has 4 nitrogen and oxygen atoms in total. The molecule has 1 saturated heterocycles. The van der Waals surface area contributed by atoms with Gasteiger partial charge in [0, 0.05) is 19.7 Å². The first kappa shape index (κ1) is 19.2. The molecular formula is C20H23Cl2N3O. The minimum atomic E-state index is -0.0365. The van der Waals surface area contributed by atoms with Crippen molar-refractivity contribution in [1.82, 2.24) is 15.2 Å². The van der Waals surface area contributed by atoms with Gasteiger partial charge in [-0.1, -0.05) is 41.4 Å². The van der Waals surface area contributed by atoms with Crippen LogP contribution in [0.1, 0.15) is 37.1 Å². The fraction of sp³-hybridized carbons (Fsp3) is 0.400. The number of rotatable bonds is 5. The second-order valence-corrected chi connectivity index (χ2v) is 7.54. The molecular weight excluding hydrogens is 369 g/mol. The highest BCUT2D eigenvalue weighted by Gasteiger charge is 2.29. The van der Waals surface area contributed by atoms with Gasteiger partial charge in [-0.2, -0.15) is 0 Å². The summed E-state index contributed by atoms with van der Waals surface area (Å²) in [5, 5.41) is 4.33. The SMILES string of the molecule is CC(=O)NC(c1ccccn1)C1CCN(Cc2cccc(Cl)c2Cl)CC1. The molecule has 2 aromatic rings. The maximum atomic E-state index is 11.7. The van der Waals surface area contributed by atoms with Crippen LogP contribution in [0.4, 0.5) is 0 Å². The molecule has 0 saturated carbocycles. The average molecular weight is 392 g/mol. The zero-order chi connectivity index (χ0) is 18.5. The number of aromatic nitrogens is 1. The van der Waals surface area contributed by atoms with E-state index in [4.69, 9.17) is 23.2 Å². The van der Waals surface area contributed by atoms with Crippen LogP contribution in [0.3, 0.4) is 0 Å². The molecule has 1 amide bonds. The molecule has 6 heteroatoms. The molecule has 1 fully saturated rings. The van der Waals surface area contributed by atoms with Crippen LogP contribution in [-0.2, 0) is 11.3 Å². The highest BCUT2D eigenvalue weighted by atomic mass is 35.5. The van der Waals surface area contributed by atoms with E-state index in [1.165, 1.54) is 0 Å². The van der Waals surface area contributed by atoms with Crippen LogP contribution < -0.4 is 5.32 Å². The molecule has 1 aliphatic rings. The van der Waals surface area contributed by atoms with Crippen LogP contribution in [0, 0.1) is 5.92 Å². The Balaban J connectivity index is 1.64. The Morgan fingerprint density at radius 1 is 1.23 bits per heavy atom. The number of hydrogen-bond donors (Lipinski definition) is 1. The molecule has 1 unspecified atom stereocenters. The zero-order valence-corrected chi connectivity index (χ0v) is 16.3. The van der Waals surface area contributed by atoms with Gasteiger partial charge >= 0.3 is 0 Å². The van der Waals surface area contributed by atoms with Crippen molar-refractivity contribution in [3.05, 3.63) is 63.9 Å². The van der Waals surface area contributed by atoms with Gasteiger partial charge in [0.2, 0.25) is 5.91 Å². The lowest BCUT2D eigenvalue weighted by Crippen LogP contribution is -2.40. The van der Waals surface area contributed by atoms with Crippen molar-refractivity contribution in [2.75, 3.05) is 13.1 Å². The van der Waals surface area contributed by atoms with E-state index in [1.54, 1.807) is 13.1 Å². The maximum Gasteiger partial charge on any atom is 0.217 e. The summed E-state index contributed by atoms with van der Waals surface area (Å²) in [4.78, 5) is 18.5. The standard InChI is InChI=1S/C20H23Cl2N3O/c1-14(26)24-20(18-7-2-3-10-23-18)15-8-11-25(12-9-15)13-16-5-4-6-17(21)19(16)22/h2-7,10,15,20H,8-9,11-13H2,1H3,(H,24,26). The lowest BCUT2D eigenvalue weighted by Gasteiger charge is -2.36. The number of piperidine rings is 1. The summed E-state index contributed by atoms with van der Waals surface area (Å²) in [7, 11) is 0.